The van der Waals surface area contributed by atoms with Gasteiger partial charge in [-0.05, 0) is 43.3 Å². The van der Waals surface area contributed by atoms with Crippen LogP contribution in [0.25, 0.3) is 5.69 Å². The number of halogens is 1. The number of urea groups is 1. The second-order valence-electron chi connectivity index (χ2n) is 7.54. The van der Waals surface area contributed by atoms with Crippen molar-refractivity contribution in [3.8, 4) is 5.69 Å². The predicted molar refractivity (Wildman–Crippen MR) is 121 cm³/mol. The van der Waals surface area contributed by atoms with Crippen molar-refractivity contribution >= 4 is 35.1 Å². The fraction of sp³-hybridized carbons (Fsp3) is 0.174. The van der Waals surface area contributed by atoms with Crippen LogP contribution in [0.5, 0.6) is 0 Å². The summed E-state index contributed by atoms with van der Waals surface area (Å²) in [4.78, 5) is 48.9. The minimum atomic E-state index is -0.507. The second kappa shape index (κ2) is 9.53. The molecule has 1 fully saturated rings. The van der Waals surface area contributed by atoms with E-state index in [1.165, 1.54) is 16.9 Å². The average molecular weight is 464 g/mol. The van der Waals surface area contributed by atoms with Gasteiger partial charge in [0, 0.05) is 24.3 Å². The molecule has 0 spiro atoms. The normalized spacial score (nSPS) is 13.1. The Morgan fingerprint density at radius 1 is 1.06 bits per heavy atom. The summed E-state index contributed by atoms with van der Waals surface area (Å²) in [6.45, 7) is 1.61. The zero-order chi connectivity index (χ0) is 24.2. The van der Waals surface area contributed by atoms with E-state index in [1.54, 1.807) is 49.4 Å². The van der Waals surface area contributed by atoms with E-state index < -0.39 is 17.8 Å². The van der Waals surface area contributed by atoms with Crippen LogP contribution >= 0.6 is 0 Å². The Kier molecular flexibility index (Phi) is 6.35. The summed E-state index contributed by atoms with van der Waals surface area (Å²) in [6.07, 6.45) is 1.33. The molecule has 3 aromatic rings. The lowest BCUT2D eigenvalue weighted by Crippen LogP contribution is -2.33. The molecule has 0 atom stereocenters. The molecule has 10 nitrogen and oxygen atoms in total. The highest BCUT2D eigenvalue weighted by atomic mass is 19.1. The first-order valence-electron chi connectivity index (χ1n) is 10.4. The van der Waals surface area contributed by atoms with Crippen molar-refractivity contribution in [2.24, 2.45) is 0 Å². The van der Waals surface area contributed by atoms with Crippen molar-refractivity contribution in [1.29, 1.82) is 0 Å². The highest BCUT2D eigenvalue weighted by molar-refractivity contribution is 6.05. The molecule has 0 bridgehead atoms. The summed E-state index contributed by atoms with van der Waals surface area (Å²) in [5.41, 5.74) is 2.00. The van der Waals surface area contributed by atoms with Crippen molar-refractivity contribution in [2.75, 3.05) is 23.7 Å². The highest BCUT2D eigenvalue weighted by Gasteiger charge is 2.28. The number of hydrogen-bond acceptors (Lipinski definition) is 5. The number of carbonyl (C=O) groups excluding carboxylic acids is 4. The highest BCUT2D eigenvalue weighted by Crippen LogP contribution is 2.19. The van der Waals surface area contributed by atoms with Gasteiger partial charge in [0.15, 0.2) is 0 Å². The molecule has 5 amide bonds. The number of rotatable bonds is 7. The number of hydrogen-bond donors (Lipinski definition) is 3. The maximum atomic E-state index is 14.1. The van der Waals surface area contributed by atoms with Crippen molar-refractivity contribution in [1.82, 2.24) is 20.0 Å². The smallest absolute Gasteiger partial charge is 0.324 e. The van der Waals surface area contributed by atoms with Gasteiger partial charge in [-0.15, -0.1) is 0 Å². The fourth-order valence-electron chi connectivity index (χ4n) is 3.45. The number of para-hydroxylation sites is 1. The standard InChI is InChI=1S/C23H21FN6O4/c1-14-17(12-26-30(14)19-5-3-2-4-18(19)24)22(33)28-16-8-6-15(7-9-16)27-20(31)10-11-29-21(32)13-25-23(29)34/h2-9,12H,10-11,13H2,1H3,(H,25,34)(H,27,31)(H,28,33). The van der Waals surface area contributed by atoms with Crippen LogP contribution < -0.4 is 16.0 Å². The maximum Gasteiger partial charge on any atom is 0.324 e. The van der Waals surface area contributed by atoms with E-state index in [1.807, 2.05) is 0 Å². The lowest BCUT2D eigenvalue weighted by atomic mass is 10.2. The number of aromatic nitrogens is 2. The van der Waals surface area contributed by atoms with Gasteiger partial charge in [-0.25, -0.2) is 13.9 Å². The van der Waals surface area contributed by atoms with Crippen LogP contribution in [-0.4, -0.2) is 51.5 Å². The molecule has 4 rings (SSSR count). The minimum Gasteiger partial charge on any atom is -0.329 e. The third-order valence-electron chi connectivity index (χ3n) is 5.26. The van der Waals surface area contributed by atoms with Gasteiger partial charge in [0.05, 0.1) is 24.0 Å². The molecule has 0 saturated carbocycles. The van der Waals surface area contributed by atoms with Crippen LogP contribution in [0.4, 0.5) is 20.6 Å². The SMILES string of the molecule is Cc1c(C(=O)Nc2ccc(NC(=O)CCN3C(=O)CNC3=O)cc2)cnn1-c1ccccc1F. The van der Waals surface area contributed by atoms with Crippen LogP contribution in [0, 0.1) is 12.7 Å². The molecule has 1 saturated heterocycles. The lowest BCUT2D eigenvalue weighted by Gasteiger charge is -2.12. The summed E-state index contributed by atoms with van der Waals surface area (Å²) >= 11 is 0. The van der Waals surface area contributed by atoms with Gasteiger partial charge in [-0.3, -0.25) is 19.3 Å². The quantitative estimate of drug-likeness (QED) is 0.463. The van der Waals surface area contributed by atoms with Gasteiger partial charge in [0.2, 0.25) is 11.8 Å². The van der Waals surface area contributed by atoms with E-state index in [2.05, 4.69) is 21.0 Å². The number of carbonyl (C=O) groups is 4. The predicted octanol–water partition coefficient (Wildman–Crippen LogP) is 2.45. The van der Waals surface area contributed by atoms with Crippen molar-refractivity contribution in [3.05, 3.63) is 71.8 Å². The van der Waals surface area contributed by atoms with Gasteiger partial charge in [-0.2, -0.15) is 5.10 Å². The Hall–Kier alpha value is -4.54. The lowest BCUT2D eigenvalue weighted by molar-refractivity contribution is -0.125. The first kappa shape index (κ1) is 22.6. The van der Waals surface area contributed by atoms with E-state index >= 15 is 0 Å². The zero-order valence-corrected chi connectivity index (χ0v) is 18.2. The van der Waals surface area contributed by atoms with Crippen molar-refractivity contribution < 1.29 is 23.6 Å². The van der Waals surface area contributed by atoms with E-state index in [0.29, 0.717) is 22.6 Å². The van der Waals surface area contributed by atoms with E-state index in [9.17, 15) is 23.6 Å². The van der Waals surface area contributed by atoms with Crippen LogP contribution in [0.2, 0.25) is 0 Å². The van der Waals surface area contributed by atoms with Gasteiger partial charge < -0.3 is 16.0 Å². The molecule has 0 aliphatic carbocycles. The molecule has 2 aromatic carbocycles. The van der Waals surface area contributed by atoms with Gasteiger partial charge in [-0.1, -0.05) is 12.1 Å². The molecule has 11 heteroatoms. The molecule has 3 N–H and O–H groups in total. The maximum absolute atomic E-state index is 14.1. The van der Waals surface area contributed by atoms with Crippen LogP contribution in [0.15, 0.2) is 54.7 Å². The van der Waals surface area contributed by atoms with Crippen molar-refractivity contribution in [2.45, 2.75) is 13.3 Å². The number of amides is 5. The number of nitrogens with zero attached hydrogens (tertiary/aromatic N) is 3. The number of imide groups is 1. The average Bonchev–Trinajstić information content (AvgIpc) is 3.35. The second-order valence-corrected chi connectivity index (χ2v) is 7.54. The number of benzene rings is 2. The summed E-state index contributed by atoms with van der Waals surface area (Å²) in [7, 11) is 0. The Balaban J connectivity index is 1.34. The monoisotopic (exact) mass is 464 g/mol. The van der Waals surface area contributed by atoms with E-state index in [0.717, 1.165) is 4.90 Å². The number of nitrogens with one attached hydrogen (secondary N) is 3. The van der Waals surface area contributed by atoms with Crippen molar-refractivity contribution in [3.63, 3.8) is 0 Å². The Morgan fingerprint density at radius 3 is 2.38 bits per heavy atom. The Morgan fingerprint density at radius 2 is 1.74 bits per heavy atom. The molecule has 34 heavy (non-hydrogen) atoms. The molecule has 1 aliphatic heterocycles. The summed E-state index contributed by atoms with van der Waals surface area (Å²) in [6, 6.07) is 12.1. The third kappa shape index (κ3) is 4.77. The molecule has 1 aliphatic rings. The van der Waals surface area contributed by atoms with Gasteiger partial charge in [0.25, 0.3) is 5.91 Å². The molecular formula is C23H21FN6O4. The first-order valence-corrected chi connectivity index (χ1v) is 10.4. The molecule has 0 radical (unpaired) electrons. The molecule has 0 unspecified atom stereocenters. The van der Waals surface area contributed by atoms with Crippen LogP contribution in [0.1, 0.15) is 22.5 Å². The van der Waals surface area contributed by atoms with Crippen LogP contribution in [0.3, 0.4) is 0 Å². The third-order valence-corrected chi connectivity index (χ3v) is 5.26. The summed E-state index contributed by atoms with van der Waals surface area (Å²) < 4.78 is 15.4. The van der Waals surface area contributed by atoms with Gasteiger partial charge in [0.1, 0.15) is 11.5 Å². The minimum absolute atomic E-state index is 0.00937. The van der Waals surface area contributed by atoms with E-state index in [4.69, 9.17) is 0 Å². The first-order chi connectivity index (χ1) is 16.3. The molecule has 174 valence electrons. The van der Waals surface area contributed by atoms with E-state index in [-0.39, 0.29) is 37.0 Å². The largest absolute Gasteiger partial charge is 0.329 e. The molecule has 2 heterocycles. The Bertz CT molecular complexity index is 1250. The topological polar surface area (TPSA) is 125 Å². The fourth-order valence-corrected chi connectivity index (χ4v) is 3.45. The summed E-state index contributed by atoms with van der Waals surface area (Å²) in [5, 5.41) is 11.9. The molecule has 1 aromatic heterocycles. The van der Waals surface area contributed by atoms with Crippen LogP contribution in [-0.2, 0) is 9.59 Å². The number of anilines is 2. The zero-order valence-electron chi connectivity index (χ0n) is 18.2. The molecular weight excluding hydrogens is 443 g/mol. The van der Waals surface area contributed by atoms with Gasteiger partial charge >= 0.3 is 6.03 Å². The summed E-state index contributed by atoms with van der Waals surface area (Å²) in [5.74, 6) is -1.59. The Labute approximate surface area is 193 Å².